The van der Waals surface area contributed by atoms with E-state index >= 15 is 0 Å². The van der Waals surface area contributed by atoms with Gasteiger partial charge < -0.3 is 10.5 Å². The summed E-state index contributed by atoms with van der Waals surface area (Å²) < 4.78 is 7.67. The number of nitrogens with two attached hydrogens (primary N) is 1. The fraction of sp³-hybridized carbons (Fsp3) is 0.286. The van der Waals surface area contributed by atoms with Crippen LogP contribution in [0.2, 0.25) is 0 Å². The molecular formula is C14H17N3OS. The average Bonchev–Trinajstić information content (AvgIpc) is 2.77. The van der Waals surface area contributed by atoms with E-state index in [4.69, 9.17) is 22.7 Å². The molecule has 0 fully saturated rings. The Balaban J connectivity index is 2.31. The van der Waals surface area contributed by atoms with Crippen LogP contribution >= 0.6 is 12.2 Å². The molecular weight excluding hydrogens is 258 g/mol. The zero-order valence-electron chi connectivity index (χ0n) is 11.3. The van der Waals surface area contributed by atoms with Gasteiger partial charge in [-0.05, 0) is 38.5 Å². The molecule has 0 bridgehead atoms. The van der Waals surface area contributed by atoms with Gasteiger partial charge in [-0.1, -0.05) is 18.3 Å². The van der Waals surface area contributed by atoms with Gasteiger partial charge in [0.15, 0.2) is 5.75 Å². The van der Waals surface area contributed by atoms with Crippen LogP contribution in [0.3, 0.4) is 0 Å². The Labute approximate surface area is 118 Å². The van der Waals surface area contributed by atoms with E-state index in [0.29, 0.717) is 22.5 Å². The van der Waals surface area contributed by atoms with Crippen molar-refractivity contribution in [3.05, 3.63) is 41.7 Å². The summed E-state index contributed by atoms with van der Waals surface area (Å²) in [6.07, 6.45) is 3.54. The van der Waals surface area contributed by atoms with Gasteiger partial charge in [-0.2, -0.15) is 5.10 Å². The molecule has 2 aromatic rings. The number of hydrogen-bond donors (Lipinski definition) is 1. The van der Waals surface area contributed by atoms with Crippen LogP contribution in [0.15, 0.2) is 30.6 Å². The number of ether oxygens (including phenoxy) is 1. The molecule has 1 aromatic carbocycles. The van der Waals surface area contributed by atoms with Crippen molar-refractivity contribution >= 4 is 17.2 Å². The van der Waals surface area contributed by atoms with Gasteiger partial charge in [0.05, 0.1) is 18.0 Å². The van der Waals surface area contributed by atoms with E-state index in [0.717, 1.165) is 11.1 Å². The fourth-order valence-electron chi connectivity index (χ4n) is 1.70. The topological polar surface area (TPSA) is 53.1 Å². The second kappa shape index (κ2) is 5.40. The summed E-state index contributed by atoms with van der Waals surface area (Å²) in [7, 11) is 0. The van der Waals surface area contributed by atoms with E-state index in [1.807, 2.05) is 36.0 Å². The standard InChI is InChI=1S/C14H17N3OS/c1-9(2)17-8-11(7-16-17)18-13-6-10(3)4-5-12(13)14(15)19/h4-9H,1-3H3,(H2,15,19). The van der Waals surface area contributed by atoms with Gasteiger partial charge in [0, 0.05) is 6.04 Å². The SMILES string of the molecule is Cc1ccc(C(N)=S)c(Oc2cnn(C(C)C)c2)c1. The summed E-state index contributed by atoms with van der Waals surface area (Å²) in [5.41, 5.74) is 7.53. The Kier molecular flexibility index (Phi) is 3.85. The molecule has 1 heterocycles. The molecule has 0 aliphatic carbocycles. The molecule has 5 heteroatoms. The minimum atomic E-state index is 0.296. The van der Waals surface area contributed by atoms with Gasteiger partial charge in [0.1, 0.15) is 10.7 Å². The molecule has 0 saturated heterocycles. The van der Waals surface area contributed by atoms with Crippen molar-refractivity contribution < 1.29 is 4.74 Å². The van der Waals surface area contributed by atoms with Crippen molar-refractivity contribution in [1.29, 1.82) is 0 Å². The molecule has 0 aliphatic rings. The van der Waals surface area contributed by atoms with Gasteiger partial charge in [-0.3, -0.25) is 4.68 Å². The highest BCUT2D eigenvalue weighted by molar-refractivity contribution is 7.80. The minimum absolute atomic E-state index is 0.296. The Bertz CT molecular complexity index is 604. The van der Waals surface area contributed by atoms with Crippen LogP contribution in [-0.4, -0.2) is 14.8 Å². The van der Waals surface area contributed by atoms with Crippen LogP contribution in [0.25, 0.3) is 0 Å². The summed E-state index contributed by atoms with van der Waals surface area (Å²) in [6, 6.07) is 6.05. The third kappa shape index (κ3) is 3.12. The first-order chi connectivity index (χ1) is 8.97. The van der Waals surface area contributed by atoms with Crippen molar-refractivity contribution in [2.24, 2.45) is 5.73 Å². The van der Waals surface area contributed by atoms with Crippen LogP contribution in [0, 0.1) is 6.92 Å². The number of benzene rings is 1. The molecule has 100 valence electrons. The Hall–Kier alpha value is -1.88. The van der Waals surface area contributed by atoms with Crippen LogP contribution in [0.1, 0.15) is 31.0 Å². The number of aromatic nitrogens is 2. The van der Waals surface area contributed by atoms with Crippen LogP contribution in [0.4, 0.5) is 0 Å². The molecule has 0 amide bonds. The fourth-order valence-corrected chi connectivity index (χ4v) is 1.87. The van der Waals surface area contributed by atoms with Gasteiger partial charge in [0.2, 0.25) is 0 Å². The number of rotatable bonds is 4. The van der Waals surface area contributed by atoms with Gasteiger partial charge >= 0.3 is 0 Å². The second-order valence-electron chi connectivity index (χ2n) is 4.72. The third-order valence-electron chi connectivity index (χ3n) is 2.74. The molecule has 0 unspecified atom stereocenters. The maximum atomic E-state index is 5.83. The third-order valence-corrected chi connectivity index (χ3v) is 2.96. The van der Waals surface area contributed by atoms with E-state index in [1.54, 1.807) is 6.20 Å². The molecule has 0 saturated carbocycles. The molecule has 1 aromatic heterocycles. The zero-order valence-corrected chi connectivity index (χ0v) is 12.1. The molecule has 0 atom stereocenters. The van der Waals surface area contributed by atoms with E-state index in [2.05, 4.69) is 18.9 Å². The second-order valence-corrected chi connectivity index (χ2v) is 5.16. The molecule has 2 rings (SSSR count). The van der Waals surface area contributed by atoms with Crippen molar-refractivity contribution in [3.63, 3.8) is 0 Å². The lowest BCUT2D eigenvalue weighted by molar-refractivity contribution is 0.476. The summed E-state index contributed by atoms with van der Waals surface area (Å²) in [4.78, 5) is 0.325. The first-order valence-electron chi connectivity index (χ1n) is 6.10. The lowest BCUT2D eigenvalue weighted by Crippen LogP contribution is -2.10. The predicted octanol–water partition coefficient (Wildman–Crippen LogP) is 3.20. The molecule has 19 heavy (non-hydrogen) atoms. The Morgan fingerprint density at radius 1 is 1.42 bits per heavy atom. The number of thiocarbonyl (C=S) groups is 1. The van der Waals surface area contributed by atoms with E-state index < -0.39 is 0 Å². The number of hydrogen-bond acceptors (Lipinski definition) is 3. The zero-order chi connectivity index (χ0) is 14.0. The highest BCUT2D eigenvalue weighted by Gasteiger charge is 2.10. The quantitative estimate of drug-likeness (QED) is 0.871. The van der Waals surface area contributed by atoms with Crippen LogP contribution in [0.5, 0.6) is 11.5 Å². The highest BCUT2D eigenvalue weighted by Crippen LogP contribution is 2.26. The van der Waals surface area contributed by atoms with Crippen molar-refractivity contribution in [1.82, 2.24) is 9.78 Å². The molecule has 0 spiro atoms. The maximum Gasteiger partial charge on any atom is 0.165 e. The van der Waals surface area contributed by atoms with E-state index in [1.165, 1.54) is 0 Å². The summed E-state index contributed by atoms with van der Waals surface area (Å²) in [5, 5.41) is 4.24. The summed E-state index contributed by atoms with van der Waals surface area (Å²) in [5.74, 6) is 1.34. The van der Waals surface area contributed by atoms with Gasteiger partial charge in [-0.15, -0.1) is 0 Å². The minimum Gasteiger partial charge on any atom is -0.453 e. The lowest BCUT2D eigenvalue weighted by Gasteiger charge is -2.09. The first kappa shape index (κ1) is 13.5. The highest BCUT2D eigenvalue weighted by atomic mass is 32.1. The molecule has 0 radical (unpaired) electrons. The van der Waals surface area contributed by atoms with Crippen LogP contribution < -0.4 is 10.5 Å². The monoisotopic (exact) mass is 275 g/mol. The molecule has 2 N–H and O–H groups in total. The Morgan fingerprint density at radius 2 is 2.16 bits per heavy atom. The largest absolute Gasteiger partial charge is 0.453 e. The Morgan fingerprint density at radius 3 is 2.74 bits per heavy atom. The van der Waals surface area contributed by atoms with E-state index in [-0.39, 0.29) is 0 Å². The summed E-state index contributed by atoms with van der Waals surface area (Å²) in [6.45, 7) is 6.11. The summed E-state index contributed by atoms with van der Waals surface area (Å²) >= 11 is 5.03. The molecule has 0 aliphatic heterocycles. The molecule has 4 nitrogen and oxygen atoms in total. The van der Waals surface area contributed by atoms with Gasteiger partial charge in [-0.25, -0.2) is 0 Å². The van der Waals surface area contributed by atoms with Crippen molar-refractivity contribution in [2.45, 2.75) is 26.8 Å². The lowest BCUT2D eigenvalue weighted by atomic mass is 10.1. The average molecular weight is 275 g/mol. The van der Waals surface area contributed by atoms with Crippen molar-refractivity contribution in [3.8, 4) is 11.5 Å². The van der Waals surface area contributed by atoms with Crippen LogP contribution in [-0.2, 0) is 0 Å². The normalized spacial score (nSPS) is 10.7. The predicted molar refractivity (Wildman–Crippen MR) is 79.8 cm³/mol. The first-order valence-corrected chi connectivity index (χ1v) is 6.50. The smallest absolute Gasteiger partial charge is 0.165 e. The van der Waals surface area contributed by atoms with Gasteiger partial charge in [0.25, 0.3) is 0 Å². The van der Waals surface area contributed by atoms with E-state index in [9.17, 15) is 0 Å². The number of nitrogens with zero attached hydrogens (tertiary/aromatic N) is 2. The van der Waals surface area contributed by atoms with Crippen molar-refractivity contribution in [2.75, 3.05) is 0 Å². The number of aryl methyl sites for hydroxylation is 1. The maximum absolute atomic E-state index is 5.83.